The van der Waals surface area contributed by atoms with Crippen molar-refractivity contribution in [2.24, 2.45) is 0 Å². The van der Waals surface area contributed by atoms with Gasteiger partial charge in [0.25, 0.3) is 0 Å². The molecule has 0 bridgehead atoms. The van der Waals surface area contributed by atoms with Gasteiger partial charge in [0.2, 0.25) is 0 Å². The van der Waals surface area contributed by atoms with Crippen molar-refractivity contribution in [2.45, 2.75) is 40.5 Å². The quantitative estimate of drug-likeness (QED) is 0.530. The number of hydrogen-bond donors (Lipinski definition) is 0. The van der Waals surface area contributed by atoms with Crippen LogP contribution in [0.1, 0.15) is 40.5 Å². The summed E-state index contributed by atoms with van der Waals surface area (Å²) >= 11 is -0.671. The molecule has 6 heteroatoms. The first kappa shape index (κ1) is 23.3. The number of halogens is 1. The standard InChI is InChI=1S/C6H5.2C5H8O2.ClH.Sn/c1-2-4-6-5-3-1;2*1-4(6)3-5(2)7;;/h1-5H;2*3H2,1-2H3;1H;/q;;;;+1/p-1. The third-order valence-electron chi connectivity index (χ3n) is 1.88. The van der Waals surface area contributed by atoms with Crippen molar-refractivity contribution in [2.75, 3.05) is 0 Å². The number of benzene rings is 1. The van der Waals surface area contributed by atoms with Crippen LogP contribution in [-0.4, -0.2) is 43.1 Å². The second-order valence-electron chi connectivity index (χ2n) is 4.62. The van der Waals surface area contributed by atoms with Crippen molar-refractivity contribution >= 4 is 55.6 Å². The van der Waals surface area contributed by atoms with Gasteiger partial charge in [-0.25, -0.2) is 0 Å². The number of ketones is 4. The summed E-state index contributed by atoms with van der Waals surface area (Å²) in [7, 11) is 5.70. The van der Waals surface area contributed by atoms with Gasteiger partial charge in [0.1, 0.15) is 23.1 Å². The van der Waals surface area contributed by atoms with E-state index in [1.54, 1.807) is 0 Å². The molecule has 0 saturated carbocycles. The summed E-state index contributed by atoms with van der Waals surface area (Å²) in [5.41, 5.74) is 0. The van der Waals surface area contributed by atoms with E-state index >= 15 is 0 Å². The molecule has 0 aromatic heterocycles. The molecular weight excluding hydrogens is 410 g/mol. The SMILES string of the molecule is CC(=O)CC(C)=O.CC(=O)CC(C)=O.[Cl][Sn][c]1ccccc1. The Hall–Kier alpha value is -1.01. The van der Waals surface area contributed by atoms with Gasteiger partial charge in [0.15, 0.2) is 0 Å². The fraction of sp³-hybridized carbons (Fsp3) is 0.375. The van der Waals surface area contributed by atoms with Crippen LogP contribution in [0, 0.1) is 0 Å². The number of hydrogen-bond acceptors (Lipinski definition) is 4. The predicted molar refractivity (Wildman–Crippen MR) is 89.6 cm³/mol. The van der Waals surface area contributed by atoms with Crippen LogP contribution in [0.15, 0.2) is 30.3 Å². The molecule has 0 aliphatic carbocycles. The van der Waals surface area contributed by atoms with Gasteiger partial charge < -0.3 is 0 Å². The van der Waals surface area contributed by atoms with Crippen molar-refractivity contribution in [3.63, 3.8) is 0 Å². The molecule has 0 unspecified atom stereocenters. The van der Waals surface area contributed by atoms with E-state index in [0.29, 0.717) is 0 Å². The van der Waals surface area contributed by atoms with Crippen LogP contribution in [0.5, 0.6) is 0 Å². The molecule has 0 spiro atoms. The topological polar surface area (TPSA) is 68.3 Å². The zero-order chi connectivity index (χ0) is 17.5. The van der Waals surface area contributed by atoms with Crippen LogP contribution in [0.25, 0.3) is 0 Å². The zero-order valence-corrected chi connectivity index (χ0v) is 16.9. The molecule has 2 radical (unpaired) electrons. The molecule has 0 saturated heterocycles. The van der Waals surface area contributed by atoms with E-state index in [1.165, 1.54) is 31.3 Å². The first-order valence-corrected chi connectivity index (χ1v) is 11.6. The Labute approximate surface area is 145 Å². The van der Waals surface area contributed by atoms with E-state index in [-0.39, 0.29) is 36.0 Å². The summed E-state index contributed by atoms with van der Waals surface area (Å²) in [6, 6.07) is 10.2. The van der Waals surface area contributed by atoms with Crippen LogP contribution in [0.3, 0.4) is 0 Å². The summed E-state index contributed by atoms with van der Waals surface area (Å²) in [6.45, 7) is 5.62. The molecule has 22 heavy (non-hydrogen) atoms. The van der Waals surface area contributed by atoms with Gasteiger partial charge in [-0.3, -0.25) is 19.2 Å². The third-order valence-corrected chi connectivity index (χ3v) is 4.92. The predicted octanol–water partition coefficient (Wildman–Crippen LogP) is 2.28. The van der Waals surface area contributed by atoms with Crippen molar-refractivity contribution in [3.8, 4) is 0 Å². The van der Waals surface area contributed by atoms with Gasteiger partial charge >= 0.3 is 62.8 Å². The normalized spacial score (nSPS) is 8.59. The minimum absolute atomic E-state index is 0.0625. The summed E-state index contributed by atoms with van der Waals surface area (Å²) in [5, 5.41) is 0. The number of Topliss-reactive ketones (excluding diaryl/α,β-unsaturated/α-hetero) is 4. The van der Waals surface area contributed by atoms with E-state index in [1.807, 2.05) is 18.2 Å². The van der Waals surface area contributed by atoms with Crippen molar-refractivity contribution in [1.82, 2.24) is 0 Å². The Morgan fingerprint density at radius 1 is 0.773 bits per heavy atom. The summed E-state index contributed by atoms with van der Waals surface area (Å²) in [4.78, 5) is 40.1. The van der Waals surface area contributed by atoms with Crippen LogP contribution in [-0.2, 0) is 19.2 Å². The molecule has 0 amide bonds. The third kappa shape index (κ3) is 21.3. The average Bonchev–Trinajstić information content (AvgIpc) is 2.38. The first-order valence-electron chi connectivity index (χ1n) is 6.58. The molecule has 0 N–H and O–H groups in total. The maximum absolute atomic E-state index is 10.0. The van der Waals surface area contributed by atoms with Crippen LogP contribution < -0.4 is 3.58 Å². The van der Waals surface area contributed by atoms with Gasteiger partial charge in [0.05, 0.1) is 12.8 Å². The van der Waals surface area contributed by atoms with E-state index in [9.17, 15) is 19.2 Å². The van der Waals surface area contributed by atoms with Gasteiger partial charge in [0, 0.05) is 0 Å². The average molecular weight is 432 g/mol. The molecule has 4 nitrogen and oxygen atoms in total. The molecule has 0 fully saturated rings. The number of rotatable bonds is 5. The summed E-state index contributed by atoms with van der Waals surface area (Å²) in [6.07, 6.45) is 0.167. The van der Waals surface area contributed by atoms with Crippen LogP contribution in [0.4, 0.5) is 0 Å². The Morgan fingerprint density at radius 3 is 1.23 bits per heavy atom. The van der Waals surface area contributed by atoms with Gasteiger partial charge in [-0.05, 0) is 27.7 Å². The Kier molecular flexibility index (Phi) is 15.8. The van der Waals surface area contributed by atoms with Crippen molar-refractivity contribution in [1.29, 1.82) is 0 Å². The van der Waals surface area contributed by atoms with E-state index < -0.39 is 20.0 Å². The van der Waals surface area contributed by atoms with E-state index in [4.69, 9.17) is 8.92 Å². The van der Waals surface area contributed by atoms with Gasteiger partial charge in [-0.2, -0.15) is 0 Å². The summed E-state index contributed by atoms with van der Waals surface area (Å²) in [5.74, 6) is -0.250. The fourth-order valence-electron chi connectivity index (χ4n) is 1.20. The van der Waals surface area contributed by atoms with Crippen molar-refractivity contribution < 1.29 is 19.2 Å². The molecule has 120 valence electrons. The second-order valence-corrected chi connectivity index (χ2v) is 8.08. The Balaban J connectivity index is 0. The number of carbonyl (C=O) groups is 4. The maximum atomic E-state index is 10.0. The molecule has 1 aromatic carbocycles. The molecule has 0 aliphatic rings. The number of carbonyl (C=O) groups excluding carboxylic acids is 4. The molecule has 1 rings (SSSR count). The van der Waals surface area contributed by atoms with E-state index in [0.717, 1.165) is 0 Å². The van der Waals surface area contributed by atoms with Gasteiger partial charge in [-0.15, -0.1) is 0 Å². The van der Waals surface area contributed by atoms with E-state index in [2.05, 4.69) is 12.1 Å². The molecule has 0 aliphatic heterocycles. The molecule has 1 aromatic rings. The van der Waals surface area contributed by atoms with Crippen LogP contribution in [0.2, 0.25) is 0 Å². The second kappa shape index (κ2) is 14.9. The monoisotopic (exact) mass is 432 g/mol. The minimum atomic E-state index is -0.671. The first-order chi connectivity index (χ1) is 10.2. The zero-order valence-electron chi connectivity index (χ0n) is 13.3. The molecule has 0 atom stereocenters. The van der Waals surface area contributed by atoms with Crippen LogP contribution >= 0.6 is 8.92 Å². The van der Waals surface area contributed by atoms with Crippen molar-refractivity contribution in [3.05, 3.63) is 30.3 Å². The molecular formula is C16H21ClO4Sn. The Morgan fingerprint density at radius 2 is 1.09 bits per heavy atom. The van der Waals surface area contributed by atoms with Gasteiger partial charge in [-0.1, -0.05) is 0 Å². The summed E-state index contributed by atoms with van der Waals surface area (Å²) < 4.78 is 1.35. The molecule has 0 heterocycles. The fourth-order valence-corrected chi connectivity index (χ4v) is 2.96. The Bertz CT molecular complexity index is 436.